The third-order valence-corrected chi connectivity index (χ3v) is 30.8. The third-order valence-electron chi connectivity index (χ3n) is 29.6. The van der Waals surface area contributed by atoms with Crippen molar-refractivity contribution in [3.05, 3.63) is 461 Å². The average Bonchev–Trinajstić information content (AvgIpc) is 1.14. The highest BCUT2D eigenvalue weighted by molar-refractivity contribution is 7.25. The Balaban J connectivity index is 0.0000000988. The van der Waals surface area contributed by atoms with Gasteiger partial charge in [-0.05, 0) is 319 Å². The Kier molecular flexibility index (Phi) is 17.1. The van der Waals surface area contributed by atoms with E-state index in [4.69, 9.17) is 22.1 Å². The molecule has 0 aliphatic carbocycles. The Hall–Kier alpha value is -18.2. The van der Waals surface area contributed by atoms with Gasteiger partial charge in [0, 0.05) is 74.0 Å². The lowest BCUT2D eigenvalue weighted by molar-refractivity contribution is 0.669. The Morgan fingerprint density at radius 3 is 0.614 bits per heavy atom. The zero-order chi connectivity index (χ0) is 91.5. The molecule has 6 heterocycles. The lowest BCUT2D eigenvalue weighted by atomic mass is 9.85. The Bertz CT molecular complexity index is 10600. The number of fused-ring (bicyclic) bond motifs is 30. The van der Waals surface area contributed by atoms with E-state index in [0.717, 1.165) is 104 Å². The molecule has 0 bridgehead atoms. The molecule has 32 aromatic rings. The van der Waals surface area contributed by atoms with Gasteiger partial charge in [0.05, 0.1) is 0 Å². The molecule has 6 aromatic heterocycles. The monoisotopic (exact) mass is 1800 g/mol. The molecule has 0 spiro atoms. The van der Waals surface area contributed by atoms with Crippen molar-refractivity contribution >= 4 is 260 Å². The second kappa shape index (κ2) is 30.7. The van der Waals surface area contributed by atoms with Crippen LogP contribution in [0, 0.1) is 0 Å². The number of hydrogen-bond donors (Lipinski definition) is 0. The van der Waals surface area contributed by atoms with Crippen molar-refractivity contribution in [3.63, 3.8) is 0 Å². The molecule has 140 heavy (non-hydrogen) atoms. The van der Waals surface area contributed by atoms with Crippen LogP contribution < -0.4 is 0 Å². The first-order valence-corrected chi connectivity index (χ1v) is 48.7. The summed E-state index contributed by atoms with van der Waals surface area (Å²) in [6, 6.07) is 167. The van der Waals surface area contributed by atoms with Crippen LogP contribution in [0.25, 0.3) is 315 Å². The van der Waals surface area contributed by atoms with Crippen LogP contribution >= 0.6 is 11.3 Å². The van der Waals surface area contributed by atoms with E-state index in [0.29, 0.717) is 0 Å². The van der Waals surface area contributed by atoms with Crippen molar-refractivity contribution in [1.29, 1.82) is 0 Å². The van der Waals surface area contributed by atoms with E-state index in [1.54, 1.807) is 0 Å². The Morgan fingerprint density at radius 1 is 0.114 bits per heavy atom. The minimum Gasteiger partial charge on any atom is -0.456 e. The van der Waals surface area contributed by atoms with Gasteiger partial charge < -0.3 is 22.1 Å². The Morgan fingerprint density at radius 2 is 0.314 bits per heavy atom. The molecule has 0 saturated heterocycles. The molecule has 0 N–H and O–H groups in total. The SMILES string of the molecule is c1ccc2cc3c(cc2c1)oc1ccc(-c2c4ccccc4c(-c4ccc5oc6cc7ccccc7cc6c5c4)c4ccccc24)cc13.c1ccc2cc3c(cc2c1)oc1ccc(-c2c4ccccc4c(-c4ccc5oc6ccc7ccccc7c6c5c4)c4ccccc24)cc13.c1ccc2cc3c(cc2c1)oc1ccc(-c2c4ccccc4c(-c4ccc5sc6ccccc6c5c4)c4ccccc24)cc13. The van der Waals surface area contributed by atoms with Crippen molar-refractivity contribution < 1.29 is 22.1 Å². The first-order chi connectivity index (χ1) is 69.3. The van der Waals surface area contributed by atoms with Crippen LogP contribution in [-0.4, -0.2) is 0 Å². The number of rotatable bonds is 6. The summed E-state index contributed by atoms with van der Waals surface area (Å²) >= 11 is 1.87. The van der Waals surface area contributed by atoms with Gasteiger partial charge in [-0.3, -0.25) is 0 Å². The zero-order valence-electron chi connectivity index (χ0n) is 75.3. The van der Waals surface area contributed by atoms with Gasteiger partial charge in [0.2, 0.25) is 0 Å². The molecule has 0 radical (unpaired) electrons. The first kappa shape index (κ1) is 78.2. The zero-order valence-corrected chi connectivity index (χ0v) is 76.1. The van der Waals surface area contributed by atoms with E-state index in [1.807, 2.05) is 11.3 Å². The summed E-state index contributed by atoms with van der Waals surface area (Å²) in [5.41, 5.74) is 23.8. The highest BCUT2D eigenvalue weighted by atomic mass is 32.1. The van der Waals surface area contributed by atoms with Crippen molar-refractivity contribution in [2.24, 2.45) is 0 Å². The van der Waals surface area contributed by atoms with E-state index in [1.165, 1.54) is 211 Å². The fraction of sp³-hybridized carbons (Fsp3) is 0. The van der Waals surface area contributed by atoms with Crippen molar-refractivity contribution in [2.45, 2.75) is 0 Å². The number of hydrogen-bond acceptors (Lipinski definition) is 6. The highest BCUT2D eigenvalue weighted by Gasteiger charge is 2.26. The average molecular weight is 1800 g/mol. The van der Waals surface area contributed by atoms with Crippen LogP contribution in [0.3, 0.4) is 0 Å². The summed E-state index contributed by atoms with van der Waals surface area (Å²) in [7, 11) is 0. The molecule has 26 aromatic carbocycles. The van der Waals surface area contributed by atoms with E-state index in [-0.39, 0.29) is 0 Å². The molecule has 0 fully saturated rings. The van der Waals surface area contributed by atoms with E-state index in [2.05, 4.69) is 461 Å². The molecule has 0 atom stereocenters. The second-order valence-corrected chi connectivity index (χ2v) is 38.4. The van der Waals surface area contributed by atoms with Crippen LogP contribution in [-0.2, 0) is 0 Å². The Labute approximate surface area is 803 Å². The van der Waals surface area contributed by atoms with Gasteiger partial charge in [-0.1, -0.05) is 328 Å². The maximum atomic E-state index is 6.38. The molecule has 0 amide bonds. The van der Waals surface area contributed by atoms with Crippen LogP contribution in [0.2, 0.25) is 0 Å². The molecule has 648 valence electrons. The van der Waals surface area contributed by atoms with Gasteiger partial charge in [-0.25, -0.2) is 0 Å². The van der Waals surface area contributed by atoms with Crippen LogP contribution in [0.4, 0.5) is 0 Å². The molecule has 0 unspecified atom stereocenters. The quantitative estimate of drug-likeness (QED) is 0.155. The van der Waals surface area contributed by atoms with Gasteiger partial charge in [0.1, 0.15) is 55.8 Å². The maximum absolute atomic E-state index is 6.38. The lowest BCUT2D eigenvalue weighted by Gasteiger charge is -2.18. The van der Waals surface area contributed by atoms with Crippen LogP contribution in [0.15, 0.2) is 483 Å². The molecule has 0 aliphatic rings. The number of furan rings is 5. The van der Waals surface area contributed by atoms with Crippen molar-refractivity contribution in [1.82, 2.24) is 0 Å². The fourth-order valence-corrected chi connectivity index (χ4v) is 24.4. The lowest BCUT2D eigenvalue weighted by Crippen LogP contribution is -1.90. The second-order valence-electron chi connectivity index (χ2n) is 37.3. The summed E-state index contributed by atoms with van der Waals surface area (Å²) in [5, 5.41) is 41.0. The van der Waals surface area contributed by atoms with Gasteiger partial charge >= 0.3 is 0 Å². The first-order valence-electron chi connectivity index (χ1n) is 47.8. The van der Waals surface area contributed by atoms with Gasteiger partial charge in [0.25, 0.3) is 0 Å². The highest BCUT2D eigenvalue weighted by Crippen LogP contribution is 2.53. The molecule has 6 heteroatoms. The predicted molar refractivity (Wildman–Crippen MR) is 594 cm³/mol. The molecular weight excluding hydrogens is 1720 g/mol. The molecule has 0 aliphatic heterocycles. The predicted octanol–water partition coefficient (Wildman–Crippen LogP) is 39.6. The molecule has 5 nitrogen and oxygen atoms in total. The number of benzene rings is 26. The minimum atomic E-state index is 0.905. The van der Waals surface area contributed by atoms with Crippen molar-refractivity contribution in [2.75, 3.05) is 0 Å². The largest absolute Gasteiger partial charge is 0.456 e. The maximum Gasteiger partial charge on any atom is 0.136 e. The topological polar surface area (TPSA) is 65.7 Å². The summed E-state index contributed by atoms with van der Waals surface area (Å²) in [4.78, 5) is 0. The summed E-state index contributed by atoms with van der Waals surface area (Å²) in [6.07, 6.45) is 0. The summed E-state index contributed by atoms with van der Waals surface area (Å²) < 4.78 is 34.5. The van der Waals surface area contributed by atoms with Crippen LogP contribution in [0.1, 0.15) is 0 Å². The summed E-state index contributed by atoms with van der Waals surface area (Å²) in [6.45, 7) is 0. The van der Waals surface area contributed by atoms with E-state index in [9.17, 15) is 0 Å². The minimum absolute atomic E-state index is 0.905. The van der Waals surface area contributed by atoms with E-state index < -0.39 is 0 Å². The fourth-order valence-electron chi connectivity index (χ4n) is 23.3. The molecular formula is C134H76O5S. The standard InChI is InChI=1S/2C46H26O2.C42H24OS/c1-3-11-29-25-43-39(21-27(29)9-1)37-23-31(17-19-41(37)47-43)45-33-13-5-7-15-35(33)46(36-16-8-6-14-34(36)45)32-18-20-42-38(24-32)40-22-28-10-2-4-12-30(28)26-44(40)48-42;1-2-11-29-26-43-38(23-28(29)10-1)37-24-30(18-20-40(37)48-43)44-33-13-5-7-15-35(33)45(36-16-8-6-14-34(36)44)31-19-21-41-39(25-31)46-32-12-4-3-9-27(32)17-22-42(46)47-41;1-2-10-26-24-38-35(21-25(26)9-1)34-22-27(17-19-37(34)43-38)41-30-12-3-5-14-32(30)42(33-15-6-4-13-31(33)41)28-18-20-40-36(23-28)29-11-7-8-16-39(29)44-40/h2*1-26H;1-24H. The van der Waals surface area contributed by atoms with Crippen LogP contribution in [0.5, 0.6) is 0 Å². The van der Waals surface area contributed by atoms with Gasteiger partial charge in [0.15, 0.2) is 0 Å². The van der Waals surface area contributed by atoms with E-state index >= 15 is 0 Å². The normalized spacial score (nSPS) is 12.1. The summed E-state index contributed by atoms with van der Waals surface area (Å²) in [5.74, 6) is 0. The smallest absolute Gasteiger partial charge is 0.136 e. The molecule has 32 rings (SSSR count). The number of thiophene rings is 1. The van der Waals surface area contributed by atoms with Crippen molar-refractivity contribution in [3.8, 4) is 66.8 Å². The van der Waals surface area contributed by atoms with Gasteiger partial charge in [-0.2, -0.15) is 0 Å². The third kappa shape index (κ3) is 12.2. The van der Waals surface area contributed by atoms with Gasteiger partial charge in [-0.15, -0.1) is 11.3 Å². The molecule has 0 saturated carbocycles.